The van der Waals surface area contributed by atoms with Crippen LogP contribution in [0.1, 0.15) is 44.0 Å². The zero-order chi connectivity index (χ0) is 14.6. The molecular weight excluding hydrogens is 248 g/mol. The first-order chi connectivity index (χ1) is 8.83. The number of non-ortho nitro benzene ring substituents is 1. The summed E-state index contributed by atoms with van der Waals surface area (Å²) in [5.41, 5.74) is -0.135. The Labute approximate surface area is 111 Å². The van der Waals surface area contributed by atoms with E-state index in [0.717, 1.165) is 18.9 Å². The number of nitrogens with one attached hydrogen (secondary N) is 1. The van der Waals surface area contributed by atoms with Crippen molar-refractivity contribution >= 4 is 17.3 Å². The van der Waals surface area contributed by atoms with Crippen molar-refractivity contribution in [2.75, 3.05) is 5.32 Å². The Morgan fingerprint density at radius 2 is 2.00 bits per heavy atom. The Morgan fingerprint density at radius 1 is 1.42 bits per heavy atom. The lowest BCUT2D eigenvalue weighted by Crippen LogP contribution is -2.33. The lowest BCUT2D eigenvalue weighted by atomic mass is 9.94. The van der Waals surface area contributed by atoms with Crippen LogP contribution >= 0.6 is 0 Å². The van der Waals surface area contributed by atoms with Crippen molar-refractivity contribution in [3.63, 3.8) is 0 Å². The van der Waals surface area contributed by atoms with Gasteiger partial charge >= 0.3 is 5.97 Å². The van der Waals surface area contributed by atoms with Crippen LogP contribution in [0.2, 0.25) is 0 Å². The van der Waals surface area contributed by atoms with Crippen LogP contribution in [0.5, 0.6) is 0 Å². The molecular formula is C13H18N2O4. The summed E-state index contributed by atoms with van der Waals surface area (Å²) in [5, 5.41) is 23.0. The maximum absolute atomic E-state index is 11.2. The molecule has 1 rings (SSSR count). The SMILES string of the molecule is CCC(C)(CC)Nc1ccc([N+](=O)[O-])cc1C(=O)O. The van der Waals surface area contributed by atoms with E-state index < -0.39 is 10.9 Å². The topological polar surface area (TPSA) is 92.5 Å². The third-order valence-electron chi connectivity index (χ3n) is 3.44. The largest absolute Gasteiger partial charge is 0.478 e. The lowest BCUT2D eigenvalue weighted by molar-refractivity contribution is -0.384. The second-order valence-electron chi connectivity index (χ2n) is 4.68. The third-order valence-corrected chi connectivity index (χ3v) is 3.44. The zero-order valence-electron chi connectivity index (χ0n) is 11.3. The molecule has 0 saturated heterocycles. The molecule has 0 radical (unpaired) electrons. The summed E-state index contributed by atoms with van der Waals surface area (Å²) in [6.07, 6.45) is 1.64. The van der Waals surface area contributed by atoms with Gasteiger partial charge in [0, 0.05) is 23.4 Å². The average molecular weight is 266 g/mol. The van der Waals surface area contributed by atoms with E-state index in [1.54, 1.807) is 0 Å². The maximum Gasteiger partial charge on any atom is 0.338 e. The molecule has 0 heterocycles. The number of nitro groups is 1. The molecule has 19 heavy (non-hydrogen) atoms. The molecule has 2 N–H and O–H groups in total. The first-order valence-corrected chi connectivity index (χ1v) is 6.13. The Kier molecular flexibility index (Phi) is 4.47. The van der Waals surface area contributed by atoms with Crippen LogP contribution in [0.4, 0.5) is 11.4 Å². The van der Waals surface area contributed by atoms with Gasteiger partial charge < -0.3 is 10.4 Å². The summed E-state index contributed by atoms with van der Waals surface area (Å²) < 4.78 is 0. The molecule has 0 aliphatic rings. The highest BCUT2D eigenvalue weighted by Crippen LogP contribution is 2.27. The number of aromatic carboxylic acids is 1. The Bertz CT molecular complexity index is 495. The van der Waals surface area contributed by atoms with Gasteiger partial charge in [-0.05, 0) is 25.8 Å². The van der Waals surface area contributed by atoms with Crippen LogP contribution in [0, 0.1) is 10.1 Å². The first kappa shape index (κ1) is 14.9. The molecule has 0 unspecified atom stereocenters. The number of hydrogen-bond acceptors (Lipinski definition) is 4. The number of nitro benzene ring substituents is 1. The number of anilines is 1. The highest BCUT2D eigenvalue weighted by molar-refractivity contribution is 5.95. The van der Waals surface area contributed by atoms with Crippen LogP contribution in [-0.4, -0.2) is 21.5 Å². The molecule has 0 atom stereocenters. The molecule has 0 aliphatic heterocycles. The van der Waals surface area contributed by atoms with E-state index in [0.29, 0.717) is 5.69 Å². The molecule has 0 bridgehead atoms. The van der Waals surface area contributed by atoms with E-state index >= 15 is 0 Å². The van der Waals surface area contributed by atoms with Gasteiger partial charge in [-0.2, -0.15) is 0 Å². The van der Waals surface area contributed by atoms with Crippen molar-refractivity contribution in [1.29, 1.82) is 0 Å². The van der Waals surface area contributed by atoms with Crippen molar-refractivity contribution < 1.29 is 14.8 Å². The number of hydrogen-bond donors (Lipinski definition) is 2. The van der Waals surface area contributed by atoms with Gasteiger partial charge in [-0.25, -0.2) is 4.79 Å². The second kappa shape index (κ2) is 5.69. The molecule has 0 aromatic heterocycles. The Hall–Kier alpha value is -2.11. The van der Waals surface area contributed by atoms with E-state index in [4.69, 9.17) is 5.11 Å². The predicted molar refractivity (Wildman–Crippen MR) is 72.7 cm³/mol. The number of carboxylic acid groups (broad SMARTS) is 1. The summed E-state index contributed by atoms with van der Waals surface area (Å²) >= 11 is 0. The van der Waals surface area contributed by atoms with Crippen LogP contribution in [0.3, 0.4) is 0 Å². The normalized spacial score (nSPS) is 11.1. The van der Waals surface area contributed by atoms with Crippen molar-refractivity contribution in [3.8, 4) is 0 Å². The van der Waals surface area contributed by atoms with Gasteiger partial charge in [0.1, 0.15) is 0 Å². The van der Waals surface area contributed by atoms with Crippen molar-refractivity contribution in [1.82, 2.24) is 0 Å². The zero-order valence-corrected chi connectivity index (χ0v) is 11.3. The predicted octanol–water partition coefficient (Wildman–Crippen LogP) is 3.28. The van der Waals surface area contributed by atoms with E-state index in [-0.39, 0.29) is 16.8 Å². The number of benzene rings is 1. The fourth-order valence-electron chi connectivity index (χ4n) is 1.68. The van der Waals surface area contributed by atoms with Crippen LogP contribution in [-0.2, 0) is 0 Å². The van der Waals surface area contributed by atoms with Gasteiger partial charge in [0.2, 0.25) is 0 Å². The molecule has 0 saturated carbocycles. The number of nitrogens with zero attached hydrogens (tertiary/aromatic N) is 1. The highest BCUT2D eigenvalue weighted by Gasteiger charge is 2.23. The van der Waals surface area contributed by atoms with Gasteiger partial charge in [0.25, 0.3) is 5.69 Å². The Balaban J connectivity index is 3.21. The first-order valence-electron chi connectivity index (χ1n) is 6.13. The molecule has 104 valence electrons. The van der Waals surface area contributed by atoms with Crippen molar-refractivity contribution in [3.05, 3.63) is 33.9 Å². The van der Waals surface area contributed by atoms with Gasteiger partial charge in [0.15, 0.2) is 0 Å². The standard InChI is InChI=1S/C13H18N2O4/c1-4-13(3,5-2)14-11-7-6-9(15(18)19)8-10(11)12(16)17/h6-8,14H,4-5H2,1-3H3,(H,16,17). The van der Waals surface area contributed by atoms with Gasteiger partial charge in [-0.1, -0.05) is 13.8 Å². The summed E-state index contributed by atoms with van der Waals surface area (Å²) in [6, 6.07) is 3.84. The van der Waals surface area contributed by atoms with Gasteiger partial charge in [-0.15, -0.1) is 0 Å². The summed E-state index contributed by atoms with van der Waals surface area (Å²) in [6.45, 7) is 5.99. The van der Waals surface area contributed by atoms with E-state index in [1.807, 2.05) is 20.8 Å². The summed E-state index contributed by atoms with van der Waals surface area (Å²) in [5.74, 6) is -1.18. The highest BCUT2D eigenvalue weighted by atomic mass is 16.6. The molecule has 0 spiro atoms. The van der Waals surface area contributed by atoms with Gasteiger partial charge in [-0.3, -0.25) is 10.1 Å². The lowest BCUT2D eigenvalue weighted by Gasteiger charge is -2.30. The van der Waals surface area contributed by atoms with E-state index in [2.05, 4.69) is 5.32 Å². The van der Waals surface area contributed by atoms with E-state index in [1.165, 1.54) is 12.1 Å². The monoisotopic (exact) mass is 266 g/mol. The molecule has 0 amide bonds. The molecule has 1 aromatic carbocycles. The summed E-state index contributed by atoms with van der Waals surface area (Å²) in [4.78, 5) is 21.3. The van der Waals surface area contributed by atoms with Gasteiger partial charge in [0.05, 0.1) is 10.5 Å². The minimum atomic E-state index is -1.18. The molecule has 1 aromatic rings. The minimum absolute atomic E-state index is 0.0812. The van der Waals surface area contributed by atoms with Crippen molar-refractivity contribution in [2.24, 2.45) is 0 Å². The molecule has 6 nitrogen and oxygen atoms in total. The maximum atomic E-state index is 11.2. The number of carbonyl (C=O) groups is 1. The summed E-state index contributed by atoms with van der Waals surface area (Å²) in [7, 11) is 0. The van der Waals surface area contributed by atoms with E-state index in [9.17, 15) is 14.9 Å². The quantitative estimate of drug-likeness (QED) is 0.608. The number of carboxylic acids is 1. The fraction of sp³-hybridized carbons (Fsp3) is 0.462. The molecule has 0 aliphatic carbocycles. The fourth-order valence-corrected chi connectivity index (χ4v) is 1.68. The van der Waals surface area contributed by atoms with Crippen molar-refractivity contribution in [2.45, 2.75) is 39.2 Å². The smallest absolute Gasteiger partial charge is 0.338 e. The number of rotatable bonds is 6. The second-order valence-corrected chi connectivity index (χ2v) is 4.68. The van der Waals surface area contributed by atoms with Crippen LogP contribution < -0.4 is 5.32 Å². The Morgan fingerprint density at radius 3 is 2.42 bits per heavy atom. The molecule has 6 heteroatoms. The minimum Gasteiger partial charge on any atom is -0.478 e. The van der Waals surface area contributed by atoms with Crippen LogP contribution in [0.25, 0.3) is 0 Å². The molecule has 0 fully saturated rings. The third kappa shape index (κ3) is 3.43. The average Bonchev–Trinajstić information content (AvgIpc) is 2.38. The van der Waals surface area contributed by atoms with Crippen LogP contribution in [0.15, 0.2) is 18.2 Å².